The molecule has 84 valence electrons. The normalized spacial score (nSPS) is 14.6. The van der Waals surface area contributed by atoms with E-state index in [-0.39, 0.29) is 11.2 Å². The quantitative estimate of drug-likeness (QED) is 0.670. The summed E-state index contributed by atoms with van der Waals surface area (Å²) in [5.74, 6) is 0.173. The van der Waals surface area contributed by atoms with Gasteiger partial charge in [-0.25, -0.2) is 0 Å². The number of carbonyl (C=O) groups is 1. The van der Waals surface area contributed by atoms with E-state index in [9.17, 15) is 4.79 Å². The fraction of sp³-hybridized carbons (Fsp3) is 0.357. The molecule has 0 saturated heterocycles. The molecule has 1 aromatic carbocycles. The number of rotatable bonds is 1. The van der Waals surface area contributed by atoms with E-state index >= 15 is 0 Å². The van der Waals surface area contributed by atoms with E-state index in [1.54, 1.807) is 0 Å². The summed E-state index contributed by atoms with van der Waals surface area (Å²) in [6.07, 6.45) is 2.73. The fourth-order valence-electron chi connectivity index (χ4n) is 1.87. The minimum Gasteiger partial charge on any atom is -0.294 e. The number of hydrogen-bond acceptors (Lipinski definition) is 1. The zero-order chi connectivity index (χ0) is 11.9. The number of allylic oxidation sites excluding steroid dienone is 1. The minimum atomic E-state index is -0.333. The average molecular weight is 235 g/mol. The van der Waals surface area contributed by atoms with Crippen LogP contribution in [0.25, 0.3) is 6.08 Å². The first-order chi connectivity index (χ1) is 7.38. The van der Waals surface area contributed by atoms with Crippen molar-refractivity contribution in [1.82, 2.24) is 0 Å². The lowest BCUT2D eigenvalue weighted by molar-refractivity contribution is 0.0858. The monoisotopic (exact) mass is 234 g/mol. The Bertz CT molecular complexity index is 478. The molecular weight excluding hydrogens is 220 g/mol. The van der Waals surface area contributed by atoms with E-state index < -0.39 is 0 Å². The van der Waals surface area contributed by atoms with Crippen LogP contribution in [-0.2, 0) is 6.42 Å². The maximum atomic E-state index is 12.1. The van der Waals surface area contributed by atoms with Gasteiger partial charge in [-0.15, -0.1) is 0 Å². The molecule has 0 spiro atoms. The number of halogens is 1. The molecular formula is C14H15ClO. The van der Waals surface area contributed by atoms with Crippen LogP contribution in [-0.4, -0.2) is 5.78 Å². The van der Waals surface area contributed by atoms with Crippen molar-refractivity contribution in [2.45, 2.75) is 27.2 Å². The topological polar surface area (TPSA) is 17.1 Å². The van der Waals surface area contributed by atoms with Gasteiger partial charge < -0.3 is 0 Å². The molecule has 0 fully saturated rings. The fourth-order valence-corrected chi connectivity index (χ4v) is 2.13. The largest absolute Gasteiger partial charge is 0.294 e. The van der Waals surface area contributed by atoms with Crippen LogP contribution in [0.5, 0.6) is 0 Å². The van der Waals surface area contributed by atoms with Crippen molar-refractivity contribution in [2.24, 2.45) is 5.41 Å². The van der Waals surface area contributed by atoms with E-state index in [1.807, 2.05) is 45.0 Å². The molecule has 0 aromatic heterocycles. The first kappa shape index (κ1) is 11.4. The Morgan fingerprint density at radius 1 is 1.31 bits per heavy atom. The predicted molar refractivity (Wildman–Crippen MR) is 67.8 cm³/mol. The third-order valence-electron chi connectivity index (χ3n) is 2.76. The van der Waals surface area contributed by atoms with Crippen molar-refractivity contribution in [3.8, 4) is 0 Å². The maximum Gasteiger partial charge on any atom is 0.168 e. The molecule has 1 aliphatic carbocycles. The van der Waals surface area contributed by atoms with E-state index in [4.69, 9.17) is 11.6 Å². The van der Waals surface area contributed by atoms with Gasteiger partial charge in [0.15, 0.2) is 5.78 Å². The lowest BCUT2D eigenvalue weighted by atomic mass is 9.86. The molecule has 1 nitrogen and oxygen atoms in total. The summed E-state index contributed by atoms with van der Waals surface area (Å²) in [5.41, 5.74) is 2.73. The lowest BCUT2D eigenvalue weighted by Gasteiger charge is -2.17. The molecule has 0 radical (unpaired) electrons. The number of fused-ring (bicyclic) bond motifs is 1. The second kappa shape index (κ2) is 3.74. The molecule has 2 rings (SSSR count). The number of hydrogen-bond donors (Lipinski definition) is 0. The molecule has 0 N–H and O–H groups in total. The second-order valence-corrected chi connectivity index (χ2v) is 5.75. The van der Waals surface area contributed by atoms with Gasteiger partial charge >= 0.3 is 0 Å². The number of benzene rings is 1. The van der Waals surface area contributed by atoms with Gasteiger partial charge in [-0.3, -0.25) is 4.79 Å². The Labute approximate surface area is 101 Å². The highest BCUT2D eigenvalue weighted by molar-refractivity contribution is 6.32. The van der Waals surface area contributed by atoms with E-state index in [2.05, 4.69) is 0 Å². The Balaban J connectivity index is 2.39. The summed E-state index contributed by atoms with van der Waals surface area (Å²) in [6, 6.07) is 5.84. The van der Waals surface area contributed by atoms with Gasteiger partial charge in [0, 0.05) is 22.4 Å². The van der Waals surface area contributed by atoms with Gasteiger partial charge in [-0.05, 0) is 23.3 Å². The van der Waals surface area contributed by atoms with E-state index in [1.165, 1.54) is 5.56 Å². The zero-order valence-corrected chi connectivity index (χ0v) is 10.6. The third kappa shape index (κ3) is 2.05. The highest BCUT2D eigenvalue weighted by atomic mass is 35.5. The molecule has 2 heteroatoms. The number of ketones is 1. The van der Waals surface area contributed by atoms with Crippen molar-refractivity contribution in [1.29, 1.82) is 0 Å². The van der Waals surface area contributed by atoms with Crippen LogP contribution in [0.1, 0.15) is 42.3 Å². The molecule has 0 aliphatic heterocycles. The highest BCUT2D eigenvalue weighted by Gasteiger charge is 2.24. The highest BCUT2D eigenvalue weighted by Crippen LogP contribution is 2.29. The van der Waals surface area contributed by atoms with Gasteiger partial charge in [0.05, 0.1) is 0 Å². The third-order valence-corrected chi connectivity index (χ3v) is 3.00. The Hall–Kier alpha value is -1.08. The summed E-state index contributed by atoms with van der Waals surface area (Å²) >= 11 is 5.98. The molecule has 0 unspecified atom stereocenters. The van der Waals surface area contributed by atoms with Crippen molar-refractivity contribution in [2.75, 3.05) is 0 Å². The molecule has 0 atom stereocenters. The minimum absolute atomic E-state index is 0.173. The molecule has 0 bridgehead atoms. The first-order valence-electron chi connectivity index (χ1n) is 5.42. The number of Topliss-reactive ketones (excluding diaryl/α,β-unsaturated/α-hetero) is 1. The standard InChI is InChI=1S/C14H15ClO/c1-14(2,3)13(16)10-5-4-9-7-12(15)8-11(9)6-10/h4-6,8H,7H2,1-3H3. The Morgan fingerprint density at radius 3 is 2.62 bits per heavy atom. The predicted octanol–water partition coefficient (Wildman–Crippen LogP) is 4.05. The van der Waals surface area contributed by atoms with Crippen LogP contribution in [0.15, 0.2) is 23.2 Å². The van der Waals surface area contributed by atoms with E-state index in [0.717, 1.165) is 22.6 Å². The SMILES string of the molecule is CC(C)(C)C(=O)c1ccc2c(c1)C=C(Cl)C2. The molecule has 0 heterocycles. The zero-order valence-electron chi connectivity index (χ0n) is 9.80. The summed E-state index contributed by atoms with van der Waals surface area (Å²) in [5, 5.41) is 0.843. The van der Waals surface area contributed by atoms with Crippen LogP contribution in [0.3, 0.4) is 0 Å². The van der Waals surface area contributed by atoms with Gasteiger partial charge in [0.25, 0.3) is 0 Å². The second-order valence-electron chi connectivity index (χ2n) is 5.26. The van der Waals surface area contributed by atoms with Gasteiger partial charge in [-0.1, -0.05) is 44.5 Å². The van der Waals surface area contributed by atoms with Crippen molar-refractivity contribution < 1.29 is 4.79 Å². The Kier molecular flexibility index (Phi) is 2.67. The molecule has 0 saturated carbocycles. The summed E-state index contributed by atoms with van der Waals surface area (Å²) < 4.78 is 0. The number of carbonyl (C=O) groups excluding carboxylic acids is 1. The van der Waals surface area contributed by atoms with Gasteiger partial charge in [0.2, 0.25) is 0 Å². The van der Waals surface area contributed by atoms with Crippen LogP contribution in [0.2, 0.25) is 0 Å². The summed E-state index contributed by atoms with van der Waals surface area (Å²) in [6.45, 7) is 5.81. The molecule has 16 heavy (non-hydrogen) atoms. The molecule has 0 amide bonds. The average Bonchev–Trinajstić information content (AvgIpc) is 2.54. The first-order valence-corrected chi connectivity index (χ1v) is 5.79. The van der Waals surface area contributed by atoms with Crippen LogP contribution in [0, 0.1) is 5.41 Å². The van der Waals surface area contributed by atoms with Crippen molar-refractivity contribution >= 4 is 23.5 Å². The van der Waals surface area contributed by atoms with Gasteiger partial charge in [0.1, 0.15) is 0 Å². The van der Waals surface area contributed by atoms with Crippen LogP contribution in [0.4, 0.5) is 0 Å². The van der Waals surface area contributed by atoms with Crippen molar-refractivity contribution in [3.05, 3.63) is 39.9 Å². The summed E-state index contributed by atoms with van der Waals surface area (Å²) in [4.78, 5) is 12.1. The van der Waals surface area contributed by atoms with Gasteiger partial charge in [-0.2, -0.15) is 0 Å². The smallest absolute Gasteiger partial charge is 0.168 e. The molecule has 1 aliphatic rings. The van der Waals surface area contributed by atoms with E-state index in [0.29, 0.717) is 0 Å². The van der Waals surface area contributed by atoms with Crippen LogP contribution < -0.4 is 0 Å². The molecule has 1 aromatic rings. The lowest BCUT2D eigenvalue weighted by Crippen LogP contribution is -2.20. The summed E-state index contributed by atoms with van der Waals surface area (Å²) in [7, 11) is 0. The van der Waals surface area contributed by atoms with Crippen LogP contribution >= 0.6 is 11.6 Å². The Morgan fingerprint density at radius 2 is 2.00 bits per heavy atom. The van der Waals surface area contributed by atoms with Crippen molar-refractivity contribution in [3.63, 3.8) is 0 Å². The maximum absolute atomic E-state index is 12.1.